The van der Waals surface area contributed by atoms with Gasteiger partial charge in [-0.25, -0.2) is 18.4 Å². The van der Waals surface area contributed by atoms with Crippen molar-refractivity contribution in [3.63, 3.8) is 0 Å². The topological polar surface area (TPSA) is 92.2 Å². The van der Waals surface area contributed by atoms with Gasteiger partial charge in [0.1, 0.15) is 12.1 Å². The number of nitrogens with zero attached hydrogens (tertiary/aromatic N) is 2. The zero-order valence-corrected chi connectivity index (χ0v) is 11.2. The van der Waals surface area contributed by atoms with Gasteiger partial charge in [0, 0.05) is 11.8 Å². The maximum atomic E-state index is 11.4. The van der Waals surface area contributed by atoms with Crippen LogP contribution >= 0.6 is 0 Å². The summed E-state index contributed by atoms with van der Waals surface area (Å²) in [5.74, 6) is 0.572. The van der Waals surface area contributed by atoms with Crippen molar-refractivity contribution in [1.82, 2.24) is 9.97 Å². The van der Waals surface area contributed by atoms with E-state index in [0.29, 0.717) is 5.82 Å². The number of sulfone groups is 1. The van der Waals surface area contributed by atoms with Gasteiger partial charge in [-0.1, -0.05) is 13.8 Å². The van der Waals surface area contributed by atoms with E-state index in [0.717, 1.165) is 5.69 Å². The van der Waals surface area contributed by atoms with Crippen LogP contribution in [0.5, 0.6) is 0 Å². The standard InChI is InChI=1S/C11H17N3O3S/c1-7(2)8-3-11(13-6-12-8)14-9-4-18(16,17)5-10(9)15/h3,6-7,9-10,15H,4-5H2,1-2H3,(H,12,13,14)/t9-,10-/m1/s1. The molecule has 1 saturated heterocycles. The van der Waals surface area contributed by atoms with Crippen LogP contribution < -0.4 is 5.32 Å². The molecule has 2 atom stereocenters. The lowest BCUT2D eigenvalue weighted by Crippen LogP contribution is -2.32. The quantitative estimate of drug-likeness (QED) is 0.814. The fourth-order valence-electron chi connectivity index (χ4n) is 1.92. The largest absolute Gasteiger partial charge is 0.390 e. The smallest absolute Gasteiger partial charge is 0.155 e. The Hall–Kier alpha value is -1.21. The zero-order valence-electron chi connectivity index (χ0n) is 10.4. The highest BCUT2D eigenvalue weighted by atomic mass is 32.2. The molecule has 100 valence electrons. The van der Waals surface area contributed by atoms with E-state index < -0.39 is 22.0 Å². The predicted octanol–water partition coefficient (Wildman–Crippen LogP) is 0.170. The first kappa shape index (κ1) is 13.2. The van der Waals surface area contributed by atoms with Gasteiger partial charge in [-0.3, -0.25) is 0 Å². The molecule has 1 aromatic rings. The fourth-order valence-corrected chi connectivity index (χ4v) is 3.67. The van der Waals surface area contributed by atoms with Crippen molar-refractivity contribution in [3.8, 4) is 0 Å². The molecule has 0 unspecified atom stereocenters. The lowest BCUT2D eigenvalue weighted by Gasteiger charge is -2.16. The van der Waals surface area contributed by atoms with Gasteiger partial charge in [-0.05, 0) is 5.92 Å². The monoisotopic (exact) mass is 271 g/mol. The minimum absolute atomic E-state index is 0.0603. The number of hydrogen-bond acceptors (Lipinski definition) is 6. The predicted molar refractivity (Wildman–Crippen MR) is 68.2 cm³/mol. The van der Waals surface area contributed by atoms with Gasteiger partial charge in [0.25, 0.3) is 0 Å². The van der Waals surface area contributed by atoms with Crippen molar-refractivity contribution in [2.75, 3.05) is 16.8 Å². The van der Waals surface area contributed by atoms with E-state index in [1.54, 1.807) is 6.07 Å². The Labute approximate surface area is 106 Å². The minimum atomic E-state index is -3.15. The summed E-state index contributed by atoms with van der Waals surface area (Å²) < 4.78 is 22.8. The van der Waals surface area contributed by atoms with E-state index in [-0.39, 0.29) is 17.4 Å². The van der Waals surface area contributed by atoms with Crippen molar-refractivity contribution in [2.24, 2.45) is 0 Å². The summed E-state index contributed by atoms with van der Waals surface area (Å²) >= 11 is 0. The van der Waals surface area contributed by atoms with E-state index in [2.05, 4.69) is 15.3 Å². The molecule has 0 aromatic carbocycles. The van der Waals surface area contributed by atoms with Crippen molar-refractivity contribution in [3.05, 3.63) is 18.1 Å². The highest BCUT2D eigenvalue weighted by Crippen LogP contribution is 2.19. The highest BCUT2D eigenvalue weighted by Gasteiger charge is 2.36. The van der Waals surface area contributed by atoms with E-state index >= 15 is 0 Å². The van der Waals surface area contributed by atoms with E-state index in [9.17, 15) is 13.5 Å². The van der Waals surface area contributed by atoms with Gasteiger partial charge >= 0.3 is 0 Å². The van der Waals surface area contributed by atoms with Crippen LogP contribution in [0.4, 0.5) is 5.82 Å². The third-order valence-corrected chi connectivity index (χ3v) is 4.65. The average molecular weight is 271 g/mol. The molecule has 2 N–H and O–H groups in total. The molecule has 1 aromatic heterocycles. The molecule has 0 saturated carbocycles. The Morgan fingerprint density at radius 3 is 2.67 bits per heavy atom. The Kier molecular flexibility index (Phi) is 3.54. The molecule has 0 aliphatic carbocycles. The first-order chi connectivity index (χ1) is 8.37. The molecule has 0 bridgehead atoms. The van der Waals surface area contributed by atoms with Gasteiger partial charge in [-0.2, -0.15) is 0 Å². The van der Waals surface area contributed by atoms with Crippen LogP contribution in [0.1, 0.15) is 25.5 Å². The summed E-state index contributed by atoms with van der Waals surface area (Å²) in [6.45, 7) is 4.03. The molecule has 7 heteroatoms. The number of aromatic nitrogens is 2. The Bertz CT molecular complexity index is 530. The lowest BCUT2D eigenvalue weighted by atomic mass is 10.1. The number of aliphatic hydroxyl groups excluding tert-OH is 1. The minimum Gasteiger partial charge on any atom is -0.390 e. The van der Waals surface area contributed by atoms with Crippen LogP contribution in [0.15, 0.2) is 12.4 Å². The first-order valence-corrected chi connectivity index (χ1v) is 7.66. The van der Waals surface area contributed by atoms with Crippen molar-refractivity contribution >= 4 is 15.7 Å². The summed E-state index contributed by atoms with van der Waals surface area (Å²) in [5.41, 5.74) is 0.878. The second-order valence-corrected chi connectivity index (χ2v) is 7.03. The molecule has 1 fully saturated rings. The second-order valence-electron chi connectivity index (χ2n) is 4.88. The van der Waals surface area contributed by atoms with Crippen LogP contribution in [0.25, 0.3) is 0 Å². The zero-order chi connectivity index (χ0) is 13.3. The maximum absolute atomic E-state index is 11.4. The Morgan fingerprint density at radius 2 is 2.11 bits per heavy atom. The molecular formula is C11H17N3O3S. The SMILES string of the molecule is CC(C)c1cc(N[C@@H]2CS(=O)(=O)C[C@H]2O)ncn1. The van der Waals surface area contributed by atoms with Crippen LogP contribution in [0, 0.1) is 0 Å². The summed E-state index contributed by atoms with van der Waals surface area (Å²) in [6, 6.07) is 1.28. The molecule has 2 rings (SSSR count). The van der Waals surface area contributed by atoms with Gasteiger partial charge in [0.2, 0.25) is 0 Å². The summed E-state index contributed by atoms with van der Waals surface area (Å²) in [7, 11) is -3.15. The van der Waals surface area contributed by atoms with Crippen LogP contribution in [0.2, 0.25) is 0 Å². The fraction of sp³-hybridized carbons (Fsp3) is 0.636. The number of hydrogen-bond donors (Lipinski definition) is 2. The maximum Gasteiger partial charge on any atom is 0.155 e. The average Bonchev–Trinajstić information content (AvgIpc) is 2.52. The Balaban J connectivity index is 2.13. The molecule has 1 aliphatic heterocycles. The summed E-state index contributed by atoms with van der Waals surface area (Å²) in [5, 5.41) is 12.6. The third-order valence-electron chi connectivity index (χ3n) is 2.94. The number of nitrogens with one attached hydrogen (secondary N) is 1. The van der Waals surface area contributed by atoms with Crippen LogP contribution in [-0.4, -0.2) is 47.1 Å². The van der Waals surface area contributed by atoms with Gasteiger partial charge < -0.3 is 10.4 Å². The van der Waals surface area contributed by atoms with E-state index in [4.69, 9.17) is 0 Å². The highest BCUT2D eigenvalue weighted by molar-refractivity contribution is 7.91. The molecule has 0 radical (unpaired) electrons. The molecule has 6 nitrogen and oxygen atoms in total. The van der Waals surface area contributed by atoms with Crippen LogP contribution in [0.3, 0.4) is 0 Å². The van der Waals surface area contributed by atoms with Crippen LogP contribution in [-0.2, 0) is 9.84 Å². The molecular weight excluding hydrogens is 254 g/mol. The number of anilines is 1. The first-order valence-electron chi connectivity index (χ1n) is 5.84. The summed E-state index contributed by atoms with van der Waals surface area (Å²) in [6.07, 6.45) is 0.556. The van der Waals surface area contributed by atoms with Gasteiger partial charge in [0.05, 0.1) is 23.7 Å². The summed E-state index contributed by atoms with van der Waals surface area (Å²) in [4.78, 5) is 8.17. The van der Waals surface area contributed by atoms with E-state index in [1.807, 2.05) is 13.8 Å². The van der Waals surface area contributed by atoms with Crippen molar-refractivity contribution in [2.45, 2.75) is 31.9 Å². The molecule has 1 aliphatic rings. The van der Waals surface area contributed by atoms with Gasteiger partial charge in [0.15, 0.2) is 9.84 Å². The molecule has 0 spiro atoms. The van der Waals surface area contributed by atoms with Gasteiger partial charge in [-0.15, -0.1) is 0 Å². The Morgan fingerprint density at radius 1 is 1.39 bits per heavy atom. The third kappa shape index (κ3) is 2.97. The van der Waals surface area contributed by atoms with Crippen molar-refractivity contribution in [1.29, 1.82) is 0 Å². The van der Waals surface area contributed by atoms with Crippen molar-refractivity contribution < 1.29 is 13.5 Å². The normalized spacial score (nSPS) is 26.4. The number of rotatable bonds is 3. The lowest BCUT2D eigenvalue weighted by molar-refractivity contribution is 0.190. The molecule has 18 heavy (non-hydrogen) atoms. The molecule has 2 heterocycles. The van der Waals surface area contributed by atoms with E-state index in [1.165, 1.54) is 6.33 Å². The second kappa shape index (κ2) is 4.81. The molecule has 0 amide bonds. The number of aliphatic hydroxyl groups is 1.